The van der Waals surface area contributed by atoms with Crippen LogP contribution in [0.25, 0.3) is 6.08 Å². The summed E-state index contributed by atoms with van der Waals surface area (Å²) in [7, 11) is 0. The third-order valence-corrected chi connectivity index (χ3v) is 1.84. The highest BCUT2D eigenvalue weighted by atomic mass is 16.6. The van der Waals surface area contributed by atoms with Crippen LogP contribution in [-0.2, 0) is 0 Å². The fourth-order valence-electron chi connectivity index (χ4n) is 1.21. The maximum absolute atomic E-state index is 10.4. The van der Waals surface area contributed by atoms with Crippen molar-refractivity contribution in [1.82, 2.24) is 0 Å². The van der Waals surface area contributed by atoms with Gasteiger partial charge in [0.25, 0.3) is 5.69 Å². The standard InChI is InChI=1S/C9H7NO3/c11-10(12)8-4-3-7-2-1-5-13-9(7)6-8/h1-4,6H,5H2. The minimum Gasteiger partial charge on any atom is -0.489 e. The average Bonchev–Trinajstić information content (AvgIpc) is 2.17. The Morgan fingerprint density at radius 1 is 1.46 bits per heavy atom. The molecule has 0 atom stereocenters. The summed E-state index contributed by atoms with van der Waals surface area (Å²) in [6.07, 6.45) is 3.76. The van der Waals surface area contributed by atoms with Crippen LogP contribution in [0.4, 0.5) is 5.69 Å². The Morgan fingerprint density at radius 3 is 3.08 bits per heavy atom. The average molecular weight is 177 g/mol. The Bertz CT molecular complexity index is 384. The van der Waals surface area contributed by atoms with Crippen LogP contribution >= 0.6 is 0 Å². The summed E-state index contributed by atoms with van der Waals surface area (Å²) in [6.45, 7) is 0.480. The van der Waals surface area contributed by atoms with E-state index in [-0.39, 0.29) is 5.69 Å². The minimum atomic E-state index is -0.429. The zero-order chi connectivity index (χ0) is 9.26. The van der Waals surface area contributed by atoms with E-state index in [1.807, 2.05) is 12.2 Å². The molecule has 0 radical (unpaired) electrons. The number of benzene rings is 1. The van der Waals surface area contributed by atoms with Crippen molar-refractivity contribution < 1.29 is 9.66 Å². The highest BCUT2D eigenvalue weighted by molar-refractivity contribution is 5.61. The van der Waals surface area contributed by atoms with E-state index in [1.165, 1.54) is 12.1 Å². The van der Waals surface area contributed by atoms with Crippen LogP contribution in [0.15, 0.2) is 24.3 Å². The number of fused-ring (bicyclic) bond motifs is 1. The lowest BCUT2D eigenvalue weighted by molar-refractivity contribution is -0.384. The molecule has 1 aliphatic heterocycles. The van der Waals surface area contributed by atoms with Crippen molar-refractivity contribution in [3.63, 3.8) is 0 Å². The molecule has 0 amide bonds. The molecule has 0 aromatic heterocycles. The first-order valence-corrected chi connectivity index (χ1v) is 3.85. The molecule has 2 rings (SSSR count). The second kappa shape index (κ2) is 2.90. The monoisotopic (exact) mass is 177 g/mol. The van der Waals surface area contributed by atoms with Gasteiger partial charge in [-0.3, -0.25) is 10.1 Å². The van der Waals surface area contributed by atoms with Gasteiger partial charge in [-0.05, 0) is 12.1 Å². The number of hydrogen-bond acceptors (Lipinski definition) is 3. The van der Waals surface area contributed by atoms with Crippen molar-refractivity contribution in [2.75, 3.05) is 6.61 Å². The number of non-ortho nitro benzene ring substituents is 1. The summed E-state index contributed by atoms with van der Waals surface area (Å²) in [6, 6.07) is 4.60. The van der Waals surface area contributed by atoms with Crippen LogP contribution in [0.2, 0.25) is 0 Å². The van der Waals surface area contributed by atoms with E-state index in [2.05, 4.69) is 0 Å². The summed E-state index contributed by atoms with van der Waals surface area (Å²) in [5, 5.41) is 10.4. The number of nitrogens with zero attached hydrogens (tertiary/aromatic N) is 1. The zero-order valence-corrected chi connectivity index (χ0v) is 6.77. The van der Waals surface area contributed by atoms with Crippen LogP contribution in [0.3, 0.4) is 0 Å². The summed E-state index contributed by atoms with van der Waals surface area (Å²) in [5.74, 6) is 0.580. The molecule has 4 nitrogen and oxygen atoms in total. The second-order valence-corrected chi connectivity index (χ2v) is 2.69. The number of ether oxygens (including phenoxy) is 1. The number of rotatable bonds is 1. The largest absolute Gasteiger partial charge is 0.489 e. The van der Waals surface area contributed by atoms with E-state index in [0.29, 0.717) is 12.4 Å². The maximum atomic E-state index is 10.4. The molecular formula is C9H7NO3. The van der Waals surface area contributed by atoms with Gasteiger partial charge in [-0.15, -0.1) is 0 Å². The molecular weight excluding hydrogens is 170 g/mol. The van der Waals surface area contributed by atoms with Gasteiger partial charge in [0.2, 0.25) is 0 Å². The van der Waals surface area contributed by atoms with E-state index < -0.39 is 4.92 Å². The highest BCUT2D eigenvalue weighted by Gasteiger charge is 2.11. The zero-order valence-electron chi connectivity index (χ0n) is 6.77. The fraction of sp³-hybridized carbons (Fsp3) is 0.111. The van der Waals surface area contributed by atoms with Crippen LogP contribution in [-0.4, -0.2) is 11.5 Å². The summed E-state index contributed by atoms with van der Waals surface area (Å²) in [5.41, 5.74) is 0.950. The fourth-order valence-corrected chi connectivity index (χ4v) is 1.21. The van der Waals surface area contributed by atoms with Gasteiger partial charge in [-0.1, -0.05) is 6.08 Å². The third-order valence-electron chi connectivity index (χ3n) is 1.84. The topological polar surface area (TPSA) is 52.4 Å². The number of hydrogen-bond donors (Lipinski definition) is 0. The number of nitro benzene ring substituents is 1. The van der Waals surface area contributed by atoms with Gasteiger partial charge >= 0.3 is 0 Å². The molecule has 13 heavy (non-hydrogen) atoms. The molecule has 0 spiro atoms. The van der Waals surface area contributed by atoms with E-state index in [0.717, 1.165) is 5.56 Å². The predicted molar refractivity (Wildman–Crippen MR) is 47.6 cm³/mol. The Morgan fingerprint density at radius 2 is 2.31 bits per heavy atom. The lowest BCUT2D eigenvalue weighted by atomic mass is 10.1. The molecule has 1 aromatic rings. The normalized spacial score (nSPS) is 13.2. The third kappa shape index (κ3) is 1.38. The molecule has 1 aromatic carbocycles. The van der Waals surface area contributed by atoms with Crippen molar-refractivity contribution >= 4 is 11.8 Å². The van der Waals surface area contributed by atoms with Crippen LogP contribution < -0.4 is 4.74 Å². The molecule has 66 valence electrons. The van der Waals surface area contributed by atoms with E-state index in [4.69, 9.17) is 4.74 Å². The van der Waals surface area contributed by atoms with Crippen LogP contribution in [0.1, 0.15) is 5.56 Å². The summed E-state index contributed by atoms with van der Waals surface area (Å²) in [4.78, 5) is 9.99. The first-order chi connectivity index (χ1) is 6.27. The highest BCUT2D eigenvalue weighted by Crippen LogP contribution is 2.27. The molecule has 0 saturated heterocycles. The Hall–Kier alpha value is -1.84. The van der Waals surface area contributed by atoms with Gasteiger partial charge in [-0.2, -0.15) is 0 Å². The maximum Gasteiger partial charge on any atom is 0.273 e. The number of nitro groups is 1. The molecule has 0 fully saturated rings. The molecule has 4 heteroatoms. The summed E-state index contributed by atoms with van der Waals surface area (Å²) >= 11 is 0. The molecule has 1 heterocycles. The van der Waals surface area contributed by atoms with E-state index >= 15 is 0 Å². The second-order valence-electron chi connectivity index (χ2n) is 2.69. The van der Waals surface area contributed by atoms with Crippen molar-refractivity contribution in [2.24, 2.45) is 0 Å². The Labute approximate surface area is 74.6 Å². The van der Waals surface area contributed by atoms with Gasteiger partial charge < -0.3 is 4.74 Å². The van der Waals surface area contributed by atoms with Gasteiger partial charge in [0, 0.05) is 11.6 Å². The van der Waals surface area contributed by atoms with E-state index in [1.54, 1.807) is 6.07 Å². The molecule has 0 bridgehead atoms. The van der Waals surface area contributed by atoms with Crippen LogP contribution in [0, 0.1) is 10.1 Å². The first kappa shape index (κ1) is 7.79. The predicted octanol–water partition coefficient (Wildman–Crippen LogP) is 2.00. The smallest absolute Gasteiger partial charge is 0.273 e. The quantitative estimate of drug-likeness (QED) is 0.487. The van der Waals surface area contributed by atoms with E-state index in [9.17, 15) is 10.1 Å². The summed E-state index contributed by atoms with van der Waals surface area (Å²) < 4.78 is 5.22. The van der Waals surface area contributed by atoms with Crippen LogP contribution in [0.5, 0.6) is 5.75 Å². The molecule has 0 aliphatic carbocycles. The van der Waals surface area contributed by atoms with Crippen molar-refractivity contribution in [3.05, 3.63) is 40.0 Å². The molecule has 1 aliphatic rings. The molecule has 0 saturated carbocycles. The lowest BCUT2D eigenvalue weighted by Gasteiger charge is -2.10. The lowest BCUT2D eigenvalue weighted by Crippen LogP contribution is -2.00. The Balaban J connectivity index is 2.48. The molecule has 0 unspecified atom stereocenters. The minimum absolute atomic E-state index is 0.0639. The molecule has 0 N–H and O–H groups in total. The van der Waals surface area contributed by atoms with Crippen molar-refractivity contribution in [3.8, 4) is 5.75 Å². The van der Waals surface area contributed by atoms with Gasteiger partial charge in [0.15, 0.2) is 0 Å². The van der Waals surface area contributed by atoms with Gasteiger partial charge in [0.1, 0.15) is 12.4 Å². The van der Waals surface area contributed by atoms with Crippen molar-refractivity contribution in [2.45, 2.75) is 0 Å². The SMILES string of the molecule is O=[N+]([O-])c1ccc2c(c1)OCC=C2. The first-order valence-electron chi connectivity index (χ1n) is 3.85. The Kier molecular flexibility index (Phi) is 1.73. The van der Waals surface area contributed by atoms with Crippen molar-refractivity contribution in [1.29, 1.82) is 0 Å². The van der Waals surface area contributed by atoms with Gasteiger partial charge in [-0.25, -0.2) is 0 Å². The van der Waals surface area contributed by atoms with Gasteiger partial charge in [0.05, 0.1) is 11.0 Å².